The largest absolute Gasteiger partial charge is 0.379 e. The average molecular weight is 358 g/mol. The Morgan fingerprint density at radius 1 is 1.23 bits per heavy atom. The minimum absolute atomic E-state index is 0.0709. The fraction of sp³-hybridized carbons (Fsp3) is 0.500. The van der Waals surface area contributed by atoms with Crippen LogP contribution < -0.4 is 10.6 Å². The van der Waals surface area contributed by atoms with Crippen LogP contribution in [-0.4, -0.2) is 42.5 Å². The summed E-state index contributed by atoms with van der Waals surface area (Å²) in [7, 11) is 3.53. The van der Waals surface area contributed by atoms with Crippen molar-refractivity contribution in [1.82, 2.24) is 20.4 Å². The highest BCUT2D eigenvalue weighted by Crippen LogP contribution is 2.20. The second-order valence-corrected chi connectivity index (χ2v) is 7.42. The third kappa shape index (κ3) is 6.19. The second kappa shape index (κ2) is 9.38. The molecule has 0 aliphatic rings. The number of rotatable bonds is 7. The zero-order chi connectivity index (χ0) is 19.0. The van der Waals surface area contributed by atoms with Gasteiger partial charge >= 0.3 is 0 Å². The fourth-order valence-corrected chi connectivity index (χ4v) is 2.76. The number of benzene rings is 1. The number of nitrogens with one attached hydrogen (secondary N) is 2. The summed E-state index contributed by atoms with van der Waals surface area (Å²) in [5.41, 5.74) is 2.50. The number of hydrogen-bond donors (Lipinski definition) is 2. The maximum atomic E-state index is 5.58. The number of methoxy groups -OCH3 is 1. The standard InChI is InChI=1S/C20H31N5O/c1-20(2,3)18(26-5)14-23-19(21-4)22-13-16-8-6-9-17(12-16)15-25-11-7-10-24-25/h6-12,18H,13-15H2,1-5H3,(H2,21,22,23). The van der Waals surface area contributed by atoms with Crippen LogP contribution in [0.1, 0.15) is 31.9 Å². The minimum Gasteiger partial charge on any atom is -0.379 e. The molecule has 2 N–H and O–H groups in total. The molecule has 0 spiro atoms. The van der Waals surface area contributed by atoms with Gasteiger partial charge in [0.2, 0.25) is 0 Å². The Morgan fingerprint density at radius 2 is 2.00 bits per heavy atom. The molecule has 6 heteroatoms. The Hall–Kier alpha value is -2.34. The number of nitrogens with zero attached hydrogens (tertiary/aromatic N) is 3. The fourth-order valence-electron chi connectivity index (χ4n) is 2.76. The maximum Gasteiger partial charge on any atom is 0.191 e. The minimum atomic E-state index is 0.0709. The highest BCUT2D eigenvalue weighted by Gasteiger charge is 2.24. The summed E-state index contributed by atoms with van der Waals surface area (Å²) in [5.74, 6) is 0.772. The quantitative estimate of drug-likeness (QED) is 0.591. The van der Waals surface area contributed by atoms with E-state index in [4.69, 9.17) is 4.74 Å². The summed E-state index contributed by atoms with van der Waals surface area (Å²) < 4.78 is 7.51. The van der Waals surface area contributed by atoms with Crippen LogP contribution in [-0.2, 0) is 17.8 Å². The Kier molecular flexibility index (Phi) is 7.21. The summed E-state index contributed by atoms with van der Waals surface area (Å²) in [4.78, 5) is 4.30. The number of ether oxygens (including phenoxy) is 1. The van der Waals surface area contributed by atoms with Gasteiger partial charge in [-0.3, -0.25) is 9.67 Å². The molecule has 6 nitrogen and oxygen atoms in total. The summed E-state index contributed by atoms with van der Waals surface area (Å²) in [6.07, 6.45) is 3.88. The van der Waals surface area contributed by atoms with Crippen molar-refractivity contribution in [3.05, 3.63) is 53.9 Å². The van der Waals surface area contributed by atoms with Crippen LogP contribution in [0.25, 0.3) is 0 Å². The molecule has 142 valence electrons. The van der Waals surface area contributed by atoms with E-state index in [9.17, 15) is 0 Å². The van der Waals surface area contributed by atoms with Crippen LogP contribution in [0.3, 0.4) is 0 Å². The van der Waals surface area contributed by atoms with E-state index in [1.54, 1.807) is 20.4 Å². The van der Waals surface area contributed by atoms with Gasteiger partial charge in [0.1, 0.15) is 0 Å². The molecule has 26 heavy (non-hydrogen) atoms. The third-order valence-electron chi connectivity index (χ3n) is 4.28. The van der Waals surface area contributed by atoms with Gasteiger partial charge in [0.05, 0.1) is 12.6 Å². The molecule has 0 aliphatic heterocycles. The van der Waals surface area contributed by atoms with E-state index < -0.39 is 0 Å². The predicted molar refractivity (Wildman–Crippen MR) is 106 cm³/mol. The Labute approximate surface area is 156 Å². The molecular formula is C20H31N5O. The molecule has 0 radical (unpaired) electrons. The summed E-state index contributed by atoms with van der Waals surface area (Å²) in [6.45, 7) is 8.70. The molecular weight excluding hydrogens is 326 g/mol. The zero-order valence-electron chi connectivity index (χ0n) is 16.5. The molecule has 1 atom stereocenters. The van der Waals surface area contributed by atoms with Crippen molar-refractivity contribution >= 4 is 5.96 Å². The lowest BCUT2D eigenvalue weighted by Crippen LogP contribution is -2.45. The Bertz CT molecular complexity index is 688. The van der Waals surface area contributed by atoms with Crippen molar-refractivity contribution < 1.29 is 4.74 Å². The van der Waals surface area contributed by atoms with E-state index in [1.807, 2.05) is 16.9 Å². The van der Waals surface area contributed by atoms with Crippen LogP contribution >= 0.6 is 0 Å². The van der Waals surface area contributed by atoms with Gasteiger partial charge in [-0.1, -0.05) is 45.0 Å². The van der Waals surface area contributed by atoms with Gasteiger partial charge in [0.15, 0.2) is 5.96 Å². The molecule has 2 rings (SSSR count). The predicted octanol–water partition coefficient (Wildman–Crippen LogP) is 2.66. The van der Waals surface area contributed by atoms with E-state index in [1.165, 1.54) is 11.1 Å². The van der Waals surface area contributed by atoms with Crippen LogP contribution in [0, 0.1) is 5.41 Å². The smallest absolute Gasteiger partial charge is 0.191 e. The first kappa shape index (κ1) is 20.0. The van der Waals surface area contributed by atoms with E-state index >= 15 is 0 Å². The molecule has 0 saturated heterocycles. The number of guanidine groups is 1. The molecule has 1 heterocycles. The van der Waals surface area contributed by atoms with Gasteiger partial charge in [-0.25, -0.2) is 0 Å². The van der Waals surface area contributed by atoms with Crippen LogP contribution in [0.2, 0.25) is 0 Å². The van der Waals surface area contributed by atoms with Crippen LogP contribution in [0.15, 0.2) is 47.7 Å². The summed E-state index contributed by atoms with van der Waals surface area (Å²) >= 11 is 0. The van der Waals surface area contributed by atoms with E-state index in [-0.39, 0.29) is 11.5 Å². The number of aliphatic imine (C=N–C) groups is 1. The van der Waals surface area contributed by atoms with Crippen molar-refractivity contribution in [2.75, 3.05) is 20.7 Å². The third-order valence-corrected chi connectivity index (χ3v) is 4.28. The highest BCUT2D eigenvalue weighted by atomic mass is 16.5. The van der Waals surface area contributed by atoms with E-state index in [2.05, 4.69) is 65.8 Å². The molecule has 1 unspecified atom stereocenters. The highest BCUT2D eigenvalue weighted by molar-refractivity contribution is 5.79. The van der Waals surface area contributed by atoms with Crippen molar-refractivity contribution in [1.29, 1.82) is 0 Å². The molecule has 0 amide bonds. The Morgan fingerprint density at radius 3 is 2.62 bits per heavy atom. The average Bonchev–Trinajstić information content (AvgIpc) is 3.10. The lowest BCUT2D eigenvalue weighted by molar-refractivity contribution is 0.0205. The van der Waals surface area contributed by atoms with Gasteiger partial charge in [-0.15, -0.1) is 0 Å². The van der Waals surface area contributed by atoms with Crippen molar-refractivity contribution in [3.63, 3.8) is 0 Å². The van der Waals surface area contributed by atoms with Gasteiger partial charge in [-0.2, -0.15) is 5.10 Å². The normalized spacial score (nSPS) is 13.5. The first-order valence-corrected chi connectivity index (χ1v) is 8.95. The van der Waals surface area contributed by atoms with Crippen molar-refractivity contribution in [3.8, 4) is 0 Å². The first-order chi connectivity index (χ1) is 12.4. The van der Waals surface area contributed by atoms with Gasteiger partial charge in [-0.05, 0) is 22.6 Å². The van der Waals surface area contributed by atoms with Crippen molar-refractivity contribution in [2.24, 2.45) is 10.4 Å². The molecule has 1 aromatic heterocycles. The van der Waals surface area contributed by atoms with E-state index in [0.29, 0.717) is 13.1 Å². The summed E-state index contributed by atoms with van der Waals surface area (Å²) in [6, 6.07) is 10.4. The first-order valence-electron chi connectivity index (χ1n) is 8.95. The second-order valence-electron chi connectivity index (χ2n) is 7.42. The molecule has 2 aromatic rings. The van der Waals surface area contributed by atoms with Crippen molar-refractivity contribution in [2.45, 2.75) is 40.0 Å². The molecule has 1 aromatic carbocycles. The van der Waals surface area contributed by atoms with Crippen LogP contribution in [0.5, 0.6) is 0 Å². The number of hydrogen-bond acceptors (Lipinski definition) is 3. The molecule has 0 bridgehead atoms. The van der Waals surface area contributed by atoms with Gasteiger partial charge in [0.25, 0.3) is 0 Å². The topological polar surface area (TPSA) is 63.5 Å². The lowest BCUT2D eigenvalue weighted by Gasteiger charge is -2.30. The van der Waals surface area contributed by atoms with E-state index in [0.717, 1.165) is 12.5 Å². The molecule has 0 fully saturated rings. The number of aromatic nitrogens is 2. The molecule has 0 aliphatic carbocycles. The maximum absolute atomic E-state index is 5.58. The van der Waals surface area contributed by atoms with Gasteiger partial charge < -0.3 is 15.4 Å². The van der Waals surface area contributed by atoms with Crippen LogP contribution in [0.4, 0.5) is 0 Å². The lowest BCUT2D eigenvalue weighted by atomic mass is 9.89. The Balaban J connectivity index is 1.88. The molecule has 0 saturated carbocycles. The zero-order valence-corrected chi connectivity index (χ0v) is 16.5. The SMILES string of the molecule is CN=C(NCc1cccc(Cn2cccn2)c1)NCC(OC)C(C)(C)C. The monoisotopic (exact) mass is 357 g/mol. The summed E-state index contributed by atoms with van der Waals surface area (Å²) in [5, 5.41) is 11.0. The van der Waals surface area contributed by atoms with Gasteiger partial charge in [0, 0.05) is 39.6 Å².